The molecule has 0 aromatic heterocycles. The Bertz CT molecular complexity index is 395. The zero-order valence-corrected chi connectivity index (χ0v) is 7.19. The summed E-state index contributed by atoms with van der Waals surface area (Å²) in [6.45, 7) is 1.32. The van der Waals surface area contributed by atoms with Crippen molar-refractivity contribution in [1.82, 2.24) is 5.32 Å². The minimum atomic E-state index is -2.09. The molecule has 64 valence electrons. The predicted molar refractivity (Wildman–Crippen MR) is 46.9 cm³/mol. The third kappa shape index (κ3) is 1.11. The van der Waals surface area contributed by atoms with E-state index in [9.17, 15) is 8.42 Å². The average Bonchev–Trinajstić information content (AvgIpc) is 2.49. The molecule has 4 nitrogen and oxygen atoms in total. The Kier molecular flexibility index (Phi) is 1.82. The van der Waals surface area contributed by atoms with Crippen LogP contribution in [0.15, 0.2) is 16.3 Å². The molecule has 0 saturated heterocycles. The summed E-state index contributed by atoms with van der Waals surface area (Å²) < 4.78 is 21.5. The lowest BCUT2D eigenvalue weighted by molar-refractivity contribution is 0.627. The van der Waals surface area contributed by atoms with Gasteiger partial charge in [-0.3, -0.25) is 4.99 Å². The van der Waals surface area contributed by atoms with Crippen LogP contribution < -0.4 is 5.32 Å². The van der Waals surface area contributed by atoms with Crippen molar-refractivity contribution in [3.63, 3.8) is 0 Å². The van der Waals surface area contributed by atoms with Gasteiger partial charge in [-0.25, -0.2) is 0 Å². The highest BCUT2D eigenvalue weighted by molar-refractivity contribution is 7.73. The second kappa shape index (κ2) is 2.84. The maximum atomic E-state index is 10.7. The molecule has 0 spiro atoms. The minimum Gasteiger partial charge on any atom is -0.307 e. The molecule has 2 heterocycles. The molecule has 0 radical (unpaired) electrons. The third-order valence-corrected chi connectivity index (χ3v) is 2.82. The van der Waals surface area contributed by atoms with Crippen LogP contribution in [-0.4, -0.2) is 32.6 Å². The molecule has 0 amide bonds. The highest BCUT2D eigenvalue weighted by atomic mass is 32.2. The molecule has 5 heteroatoms. The van der Waals surface area contributed by atoms with Crippen molar-refractivity contribution in [3.05, 3.63) is 11.3 Å². The van der Waals surface area contributed by atoms with Gasteiger partial charge < -0.3 is 5.32 Å². The Morgan fingerprint density at radius 2 is 2.25 bits per heavy atom. The fraction of sp³-hybridized carbons (Fsp3) is 0.429. The summed E-state index contributed by atoms with van der Waals surface area (Å²) >= 11 is 0. The molecule has 2 aliphatic rings. The highest BCUT2D eigenvalue weighted by Gasteiger charge is 2.21. The summed E-state index contributed by atoms with van der Waals surface area (Å²) in [6.07, 6.45) is 2.09. The first-order chi connectivity index (χ1) is 5.79. The number of rotatable bonds is 0. The van der Waals surface area contributed by atoms with E-state index in [1.165, 1.54) is 0 Å². The van der Waals surface area contributed by atoms with Crippen LogP contribution in [-0.2, 0) is 10.3 Å². The van der Waals surface area contributed by atoms with Crippen molar-refractivity contribution < 1.29 is 8.42 Å². The van der Waals surface area contributed by atoms with Gasteiger partial charge in [-0.15, -0.1) is 0 Å². The van der Waals surface area contributed by atoms with Crippen LogP contribution >= 0.6 is 0 Å². The number of hydrogen-bond acceptors (Lipinski definition) is 4. The minimum absolute atomic E-state index is 0.441. The SMILES string of the molecule is O=S(=O)=C1CC=NC2=C1CNC2. The van der Waals surface area contributed by atoms with Gasteiger partial charge in [0, 0.05) is 31.3 Å². The Morgan fingerprint density at radius 1 is 1.42 bits per heavy atom. The molecule has 0 fully saturated rings. The summed E-state index contributed by atoms with van der Waals surface area (Å²) in [5.41, 5.74) is 1.74. The van der Waals surface area contributed by atoms with Gasteiger partial charge in [-0.05, 0) is 0 Å². The van der Waals surface area contributed by atoms with Crippen molar-refractivity contribution in [3.8, 4) is 0 Å². The van der Waals surface area contributed by atoms with Crippen LogP contribution in [0.2, 0.25) is 0 Å². The van der Waals surface area contributed by atoms with Crippen molar-refractivity contribution >= 4 is 21.4 Å². The van der Waals surface area contributed by atoms with Crippen LogP contribution in [0.1, 0.15) is 6.42 Å². The summed E-state index contributed by atoms with van der Waals surface area (Å²) in [7, 11) is -2.09. The molecule has 12 heavy (non-hydrogen) atoms. The van der Waals surface area contributed by atoms with Crippen LogP contribution in [0.4, 0.5) is 0 Å². The third-order valence-electron chi connectivity index (χ3n) is 2.00. The monoisotopic (exact) mass is 184 g/mol. The predicted octanol–water partition coefficient (Wildman–Crippen LogP) is -0.630. The van der Waals surface area contributed by atoms with Crippen molar-refractivity contribution in [2.75, 3.05) is 13.1 Å². The summed E-state index contributed by atoms with van der Waals surface area (Å²) in [5.74, 6) is 0. The zero-order valence-electron chi connectivity index (χ0n) is 6.37. The van der Waals surface area contributed by atoms with E-state index in [4.69, 9.17) is 0 Å². The van der Waals surface area contributed by atoms with E-state index in [0.717, 1.165) is 11.3 Å². The van der Waals surface area contributed by atoms with Crippen molar-refractivity contribution in [1.29, 1.82) is 0 Å². The molecular weight excluding hydrogens is 176 g/mol. The van der Waals surface area contributed by atoms with Crippen LogP contribution in [0.5, 0.6) is 0 Å². The molecule has 0 atom stereocenters. The van der Waals surface area contributed by atoms with Crippen molar-refractivity contribution in [2.24, 2.45) is 4.99 Å². The lowest BCUT2D eigenvalue weighted by atomic mass is 10.1. The standard InChI is InChI=1S/C7H8N2O2S/c10-12(11)7-1-2-9-6-4-8-3-5(6)7/h2,8H,1,3-4H2. The summed E-state index contributed by atoms with van der Waals surface area (Å²) in [5, 5.41) is 3.07. The van der Waals surface area contributed by atoms with Crippen LogP contribution in [0.3, 0.4) is 0 Å². The summed E-state index contributed by atoms with van der Waals surface area (Å²) in [4.78, 5) is 4.61. The van der Waals surface area contributed by atoms with E-state index in [2.05, 4.69) is 10.3 Å². The van der Waals surface area contributed by atoms with Gasteiger partial charge in [0.25, 0.3) is 0 Å². The highest BCUT2D eigenvalue weighted by Crippen LogP contribution is 2.16. The number of nitrogens with zero attached hydrogens (tertiary/aromatic N) is 1. The molecule has 0 saturated carbocycles. The van der Waals surface area contributed by atoms with Gasteiger partial charge in [-0.2, -0.15) is 8.42 Å². The first-order valence-electron chi connectivity index (χ1n) is 3.70. The molecule has 0 unspecified atom stereocenters. The van der Waals surface area contributed by atoms with Crippen LogP contribution in [0, 0.1) is 0 Å². The molecule has 0 aromatic rings. The maximum absolute atomic E-state index is 10.7. The summed E-state index contributed by atoms with van der Waals surface area (Å²) in [6, 6.07) is 0. The topological polar surface area (TPSA) is 58.5 Å². The van der Waals surface area contributed by atoms with Gasteiger partial charge in [0.2, 0.25) is 10.3 Å². The van der Waals surface area contributed by atoms with E-state index in [1.54, 1.807) is 6.21 Å². The lowest BCUT2D eigenvalue weighted by Gasteiger charge is -2.05. The number of nitrogens with one attached hydrogen (secondary N) is 1. The molecule has 0 aromatic carbocycles. The first kappa shape index (κ1) is 7.70. The molecular formula is C7H8N2O2S. The fourth-order valence-corrected chi connectivity index (χ4v) is 2.03. The molecule has 2 aliphatic heterocycles. The van der Waals surface area contributed by atoms with Gasteiger partial charge in [-0.1, -0.05) is 0 Å². The Labute approximate surface area is 71.5 Å². The second-order valence-electron chi connectivity index (χ2n) is 2.70. The Hall–Kier alpha value is -0.940. The Morgan fingerprint density at radius 3 is 3.00 bits per heavy atom. The molecule has 0 aliphatic carbocycles. The smallest absolute Gasteiger partial charge is 0.218 e. The van der Waals surface area contributed by atoms with Crippen molar-refractivity contribution in [2.45, 2.75) is 6.42 Å². The average molecular weight is 184 g/mol. The van der Waals surface area contributed by atoms with E-state index >= 15 is 0 Å². The maximum Gasteiger partial charge on any atom is 0.218 e. The molecule has 1 N–H and O–H groups in total. The zero-order chi connectivity index (χ0) is 8.55. The fourth-order valence-electron chi connectivity index (χ4n) is 1.43. The second-order valence-corrected chi connectivity index (χ2v) is 3.66. The lowest BCUT2D eigenvalue weighted by Crippen LogP contribution is -2.14. The van der Waals surface area contributed by atoms with E-state index in [-0.39, 0.29) is 0 Å². The Balaban J connectivity index is 2.57. The number of aliphatic imine (C=N–C) groups is 1. The molecule has 0 bridgehead atoms. The van der Waals surface area contributed by atoms with Gasteiger partial charge in [0.1, 0.15) is 0 Å². The largest absolute Gasteiger partial charge is 0.307 e. The first-order valence-corrected chi connectivity index (χ1v) is 4.77. The van der Waals surface area contributed by atoms with E-state index in [0.29, 0.717) is 24.4 Å². The normalized spacial score (nSPS) is 21.5. The van der Waals surface area contributed by atoms with E-state index in [1.807, 2.05) is 0 Å². The van der Waals surface area contributed by atoms with Gasteiger partial charge in [0.15, 0.2) is 0 Å². The van der Waals surface area contributed by atoms with Gasteiger partial charge >= 0.3 is 0 Å². The van der Waals surface area contributed by atoms with Gasteiger partial charge in [0.05, 0.1) is 10.6 Å². The number of hydrogen-bond donors (Lipinski definition) is 1. The quantitative estimate of drug-likeness (QED) is 0.510. The van der Waals surface area contributed by atoms with Crippen LogP contribution in [0.25, 0.3) is 0 Å². The molecule has 2 rings (SSSR count). The van der Waals surface area contributed by atoms with E-state index < -0.39 is 10.3 Å².